The van der Waals surface area contributed by atoms with Crippen molar-refractivity contribution in [2.75, 3.05) is 19.9 Å². The lowest BCUT2D eigenvalue weighted by Crippen LogP contribution is -2.39. The van der Waals surface area contributed by atoms with Crippen molar-refractivity contribution in [3.05, 3.63) is 72.6 Å². The summed E-state index contributed by atoms with van der Waals surface area (Å²) in [6.07, 6.45) is 5.73. The average Bonchev–Trinajstić information content (AvgIpc) is 3.25. The van der Waals surface area contributed by atoms with Crippen molar-refractivity contribution in [1.82, 2.24) is 10.2 Å². The Morgan fingerprint density at radius 3 is 2.48 bits per heavy atom. The summed E-state index contributed by atoms with van der Waals surface area (Å²) in [5, 5.41) is 3.22. The van der Waals surface area contributed by atoms with Crippen molar-refractivity contribution in [3.8, 4) is 22.6 Å². The number of carbonyl (C=O) groups excluding carboxylic acids is 1. The number of allylic oxidation sites excluding steroid dienone is 2. The summed E-state index contributed by atoms with van der Waals surface area (Å²) in [6, 6.07) is 13.7. The highest BCUT2D eigenvalue weighted by atomic mass is 16.7. The van der Waals surface area contributed by atoms with Gasteiger partial charge in [0.25, 0.3) is 5.91 Å². The lowest BCUT2D eigenvalue weighted by Gasteiger charge is -2.33. The number of nitrogens with one attached hydrogen (secondary N) is 1. The van der Waals surface area contributed by atoms with Crippen LogP contribution in [0.1, 0.15) is 30.1 Å². The molecule has 5 nitrogen and oxygen atoms in total. The number of hydrogen-bond acceptors (Lipinski definition) is 4. The molecule has 0 radical (unpaired) electrons. The van der Waals surface area contributed by atoms with Gasteiger partial charge in [0.05, 0.1) is 0 Å². The number of likely N-dealkylation sites (tertiary alicyclic amines) is 1. The molecule has 1 saturated heterocycles. The molecule has 0 saturated carbocycles. The fourth-order valence-corrected chi connectivity index (χ4v) is 3.80. The van der Waals surface area contributed by atoms with E-state index in [9.17, 15) is 4.79 Å². The number of nitrogens with zero attached hydrogens (tertiary/aromatic N) is 1. The van der Waals surface area contributed by atoms with Gasteiger partial charge in [-0.25, -0.2) is 0 Å². The molecule has 29 heavy (non-hydrogen) atoms. The van der Waals surface area contributed by atoms with E-state index in [1.807, 2.05) is 66.6 Å². The van der Waals surface area contributed by atoms with Crippen molar-refractivity contribution in [3.63, 3.8) is 0 Å². The van der Waals surface area contributed by atoms with Gasteiger partial charge in [-0.05, 0) is 61.4 Å². The van der Waals surface area contributed by atoms with Crippen LogP contribution >= 0.6 is 0 Å². The Morgan fingerprint density at radius 1 is 1.07 bits per heavy atom. The SMILES string of the molecule is C=C(N/C=C\C)C1CCN(C(=O)c2ccc(-c3ccc4c(c3)OCO4)cc2)CC1. The van der Waals surface area contributed by atoms with Gasteiger partial charge in [0.1, 0.15) is 0 Å². The third-order valence-corrected chi connectivity index (χ3v) is 5.55. The highest BCUT2D eigenvalue weighted by Gasteiger charge is 2.25. The average molecular weight is 390 g/mol. The van der Waals surface area contributed by atoms with Crippen LogP contribution in [-0.4, -0.2) is 30.7 Å². The minimum Gasteiger partial charge on any atom is -0.454 e. The molecule has 2 aliphatic rings. The Morgan fingerprint density at radius 2 is 1.76 bits per heavy atom. The maximum absolute atomic E-state index is 12.9. The molecule has 4 rings (SSSR count). The number of fused-ring (bicyclic) bond motifs is 1. The lowest BCUT2D eigenvalue weighted by molar-refractivity contribution is 0.0701. The molecular formula is C24H26N2O3. The molecule has 1 fully saturated rings. The number of piperidine rings is 1. The van der Waals surface area contributed by atoms with Gasteiger partial charge in [-0.3, -0.25) is 4.79 Å². The van der Waals surface area contributed by atoms with E-state index in [1.165, 1.54) is 0 Å². The first-order valence-corrected chi connectivity index (χ1v) is 10.0. The van der Waals surface area contributed by atoms with Crippen LogP contribution in [0, 0.1) is 5.92 Å². The molecule has 0 unspecified atom stereocenters. The fraction of sp³-hybridized carbons (Fsp3) is 0.292. The van der Waals surface area contributed by atoms with Gasteiger partial charge in [0.2, 0.25) is 6.79 Å². The molecule has 0 aliphatic carbocycles. The van der Waals surface area contributed by atoms with E-state index in [2.05, 4.69) is 11.9 Å². The monoisotopic (exact) mass is 390 g/mol. The zero-order valence-electron chi connectivity index (χ0n) is 16.7. The van der Waals surface area contributed by atoms with E-state index < -0.39 is 0 Å². The van der Waals surface area contributed by atoms with Gasteiger partial charge in [-0.1, -0.05) is 30.9 Å². The molecule has 2 aromatic carbocycles. The van der Waals surface area contributed by atoms with Crippen LogP contribution < -0.4 is 14.8 Å². The van der Waals surface area contributed by atoms with Crippen molar-refractivity contribution in [1.29, 1.82) is 0 Å². The summed E-state index contributed by atoms with van der Waals surface area (Å²) in [4.78, 5) is 14.8. The number of rotatable bonds is 5. The maximum atomic E-state index is 12.9. The standard InChI is InChI=1S/C24H26N2O3/c1-3-12-25-17(2)18-10-13-26(14-11-18)24(27)20-6-4-19(5-7-20)21-8-9-22-23(15-21)29-16-28-22/h3-9,12,15,18,25H,2,10-11,13-14,16H2,1H3/b12-3-. The molecular weight excluding hydrogens is 364 g/mol. The largest absolute Gasteiger partial charge is 0.454 e. The molecule has 0 atom stereocenters. The molecule has 2 heterocycles. The van der Waals surface area contributed by atoms with E-state index in [0.717, 1.165) is 59.8 Å². The van der Waals surface area contributed by atoms with E-state index in [1.54, 1.807) is 0 Å². The molecule has 1 amide bonds. The normalized spacial score (nSPS) is 16.2. The molecule has 0 bridgehead atoms. The van der Waals surface area contributed by atoms with Crippen molar-refractivity contribution in [2.24, 2.45) is 5.92 Å². The van der Waals surface area contributed by atoms with Crippen LogP contribution in [0.2, 0.25) is 0 Å². The molecule has 2 aliphatic heterocycles. The second-order valence-electron chi connectivity index (χ2n) is 7.38. The first-order chi connectivity index (χ1) is 14.2. The quantitative estimate of drug-likeness (QED) is 0.812. The molecule has 1 N–H and O–H groups in total. The number of hydrogen-bond donors (Lipinski definition) is 1. The first kappa shape index (κ1) is 19.1. The van der Waals surface area contributed by atoms with Gasteiger partial charge in [0.15, 0.2) is 11.5 Å². The van der Waals surface area contributed by atoms with Gasteiger partial charge in [-0.15, -0.1) is 0 Å². The van der Waals surface area contributed by atoms with Crippen molar-refractivity contribution >= 4 is 5.91 Å². The van der Waals surface area contributed by atoms with E-state index >= 15 is 0 Å². The fourth-order valence-electron chi connectivity index (χ4n) is 3.80. The van der Waals surface area contributed by atoms with Crippen molar-refractivity contribution in [2.45, 2.75) is 19.8 Å². The van der Waals surface area contributed by atoms with Crippen LogP contribution in [0.15, 0.2) is 67.0 Å². The molecule has 5 heteroatoms. The topological polar surface area (TPSA) is 50.8 Å². The Balaban J connectivity index is 1.38. The predicted molar refractivity (Wildman–Crippen MR) is 114 cm³/mol. The van der Waals surface area contributed by atoms with E-state index in [4.69, 9.17) is 9.47 Å². The summed E-state index contributed by atoms with van der Waals surface area (Å²) in [6.45, 7) is 7.87. The molecule has 0 aromatic heterocycles. The third-order valence-electron chi connectivity index (χ3n) is 5.55. The van der Waals surface area contributed by atoms with Crippen LogP contribution in [0.3, 0.4) is 0 Å². The third kappa shape index (κ3) is 4.14. The smallest absolute Gasteiger partial charge is 0.253 e. The maximum Gasteiger partial charge on any atom is 0.253 e. The molecule has 150 valence electrons. The van der Waals surface area contributed by atoms with Gasteiger partial charge >= 0.3 is 0 Å². The Labute approximate surface area is 171 Å². The second-order valence-corrected chi connectivity index (χ2v) is 7.38. The lowest BCUT2D eigenvalue weighted by atomic mass is 9.93. The minimum atomic E-state index is 0.0905. The summed E-state index contributed by atoms with van der Waals surface area (Å²) in [5.41, 5.74) is 3.84. The van der Waals surface area contributed by atoms with Gasteiger partial charge in [-0.2, -0.15) is 0 Å². The van der Waals surface area contributed by atoms with Gasteiger partial charge in [0, 0.05) is 30.3 Å². The summed E-state index contributed by atoms with van der Waals surface area (Å²) in [5.74, 6) is 2.03. The van der Waals surface area contributed by atoms with E-state index in [0.29, 0.717) is 5.92 Å². The number of carbonyl (C=O) groups is 1. The summed E-state index contributed by atoms with van der Waals surface area (Å²) >= 11 is 0. The highest BCUT2D eigenvalue weighted by Crippen LogP contribution is 2.36. The first-order valence-electron chi connectivity index (χ1n) is 10.0. The van der Waals surface area contributed by atoms with Crippen LogP contribution in [0.4, 0.5) is 0 Å². The zero-order chi connectivity index (χ0) is 20.2. The minimum absolute atomic E-state index is 0.0905. The number of benzene rings is 2. The van der Waals surface area contributed by atoms with Crippen molar-refractivity contribution < 1.29 is 14.3 Å². The van der Waals surface area contributed by atoms with E-state index in [-0.39, 0.29) is 12.7 Å². The molecule has 0 spiro atoms. The van der Waals surface area contributed by atoms with Crippen LogP contribution in [0.5, 0.6) is 11.5 Å². The van der Waals surface area contributed by atoms with Crippen LogP contribution in [-0.2, 0) is 0 Å². The number of ether oxygens (including phenoxy) is 2. The Hall–Kier alpha value is -3.21. The second kappa shape index (κ2) is 8.43. The molecule has 2 aromatic rings. The van der Waals surface area contributed by atoms with Gasteiger partial charge < -0.3 is 19.7 Å². The highest BCUT2D eigenvalue weighted by molar-refractivity contribution is 5.94. The summed E-state index contributed by atoms with van der Waals surface area (Å²) in [7, 11) is 0. The van der Waals surface area contributed by atoms with Crippen LogP contribution in [0.25, 0.3) is 11.1 Å². The number of amides is 1. The summed E-state index contributed by atoms with van der Waals surface area (Å²) < 4.78 is 10.8. The predicted octanol–water partition coefficient (Wildman–Crippen LogP) is 4.57. The Kier molecular flexibility index (Phi) is 5.56. The Bertz CT molecular complexity index is 926. The zero-order valence-corrected chi connectivity index (χ0v) is 16.7.